The van der Waals surface area contributed by atoms with Gasteiger partial charge in [-0.2, -0.15) is 5.53 Å². The monoisotopic (exact) mass is 817 g/mol. The van der Waals surface area contributed by atoms with Crippen molar-refractivity contribution in [1.29, 1.82) is 5.53 Å². The van der Waals surface area contributed by atoms with E-state index < -0.39 is 0 Å². The minimum absolute atomic E-state index is 0.341. The highest BCUT2D eigenvalue weighted by atomic mass is 32.1. The summed E-state index contributed by atoms with van der Waals surface area (Å²) >= 11 is 6.14. The van der Waals surface area contributed by atoms with E-state index in [2.05, 4.69) is 270 Å². The lowest BCUT2D eigenvalue weighted by Crippen LogP contribution is -2.19. The van der Waals surface area contributed by atoms with Gasteiger partial charge in [0.05, 0.1) is 5.34 Å². The predicted molar refractivity (Wildman–Crippen MR) is 105 cm³/mol. The van der Waals surface area contributed by atoms with Crippen LogP contribution < -0.4 is 0 Å². The Morgan fingerprint density at radius 1 is 0.269 bits per heavy atom. The van der Waals surface area contributed by atoms with E-state index in [0.717, 1.165) is 0 Å². The maximum atomic E-state index is 6.25. The van der Waals surface area contributed by atoms with Crippen molar-refractivity contribution < 1.29 is 124 Å². The Labute approximate surface area is 282 Å². The van der Waals surface area contributed by atoms with Crippen molar-refractivity contribution in [2.75, 3.05) is 0 Å². The molecular formula is H3N25O25S2. The van der Waals surface area contributed by atoms with Crippen molar-refractivity contribution in [3.63, 3.8) is 0 Å². The number of rotatable bonds is 37. The van der Waals surface area contributed by atoms with Gasteiger partial charge in [-0.25, -0.2) is 0 Å². The molecule has 0 spiro atoms. The Morgan fingerprint density at radius 2 is 0.481 bits per heavy atom. The standard InChI is InChI=1S/H3N25O25S2/c1-2-3-4-5-6-7-8-9-10-11-12-13-14-15-16-17-18-19-20-21-22-23-24-25(27-29-31-33-35-37-39-41-43-45-47-49-51)26-28-30-32-34-36-38-40-42-44-46-48-50-52/h1,51-52H/b2-1?,4-3+,6-5+,8-7+,10-9+,12-11+,14-13+,16-15+,18-17+,20-19+,22-21+,24-23+. The lowest BCUT2D eigenvalue weighted by atomic mass is 12.3. The average molecular weight is 817 g/mol. The Kier molecular flexibility index (Phi) is 39.3. The van der Waals surface area contributed by atoms with Gasteiger partial charge in [-0.15, -0.1) is 8.67 Å². The third-order valence-corrected chi connectivity index (χ3v) is 1.86. The molecule has 0 saturated heterocycles. The zero-order valence-electron chi connectivity index (χ0n) is 22.3. The highest BCUT2D eigenvalue weighted by molar-refractivity contribution is 7.75. The van der Waals surface area contributed by atoms with E-state index in [1.165, 1.54) is 0 Å². The summed E-state index contributed by atoms with van der Waals surface area (Å²) in [5.41, 5.74) is 6.25. The smallest absolute Gasteiger partial charge is 0.0559 e. The van der Waals surface area contributed by atoms with Gasteiger partial charge in [0.2, 0.25) is 0 Å². The van der Waals surface area contributed by atoms with Gasteiger partial charge in [0, 0.05) is 104 Å². The van der Waals surface area contributed by atoms with Crippen LogP contribution in [0.4, 0.5) is 0 Å². The molecule has 290 valence electrons. The second-order valence-electron chi connectivity index (χ2n) is 4.03. The normalized spacial score (nSPS) is 13.2. The van der Waals surface area contributed by atoms with Gasteiger partial charge in [-0.05, 0) is 158 Å². The molecular weight excluding hydrogens is 814 g/mol. The first-order valence-corrected chi connectivity index (χ1v) is 10.1. The molecule has 0 fully saturated rings. The third-order valence-electron chi connectivity index (χ3n) is 1.73. The van der Waals surface area contributed by atoms with Gasteiger partial charge in [0.25, 0.3) is 0 Å². The van der Waals surface area contributed by atoms with Gasteiger partial charge in [-0.1, -0.05) is 0 Å². The van der Waals surface area contributed by atoms with E-state index in [1.54, 1.807) is 0 Å². The molecule has 50 nitrogen and oxygen atoms in total. The molecule has 0 aromatic heterocycles. The summed E-state index contributed by atoms with van der Waals surface area (Å²) in [7, 11) is 0. The van der Waals surface area contributed by atoms with Gasteiger partial charge in [0.1, 0.15) is 0 Å². The molecule has 0 aliphatic heterocycles. The van der Waals surface area contributed by atoms with Crippen molar-refractivity contribution in [1.82, 2.24) is 5.34 Å². The van der Waals surface area contributed by atoms with Crippen molar-refractivity contribution in [3.05, 3.63) is 0 Å². The van der Waals surface area contributed by atoms with Crippen LogP contribution in [0.3, 0.4) is 0 Å². The first-order valence-electron chi connectivity index (χ1n) is 9.39. The first-order chi connectivity index (χ1) is 25.8. The highest BCUT2D eigenvalue weighted by Crippen LogP contribution is 2.02. The van der Waals surface area contributed by atoms with Crippen molar-refractivity contribution in [2.45, 2.75) is 0 Å². The molecule has 52 heteroatoms. The largest absolute Gasteiger partial charge is 0.183 e. The molecule has 0 aromatic rings. The van der Waals surface area contributed by atoms with E-state index in [1.807, 2.05) is 0 Å². The van der Waals surface area contributed by atoms with Crippen LogP contribution in [0.15, 0.2) is 120 Å². The summed E-state index contributed by atoms with van der Waals surface area (Å²) in [6, 6.07) is 0. The van der Waals surface area contributed by atoms with Crippen LogP contribution in [0.5, 0.6) is 0 Å². The van der Waals surface area contributed by atoms with Crippen LogP contribution in [-0.2, 0) is 124 Å². The lowest BCUT2D eigenvalue weighted by Gasteiger charge is -2.07. The van der Waals surface area contributed by atoms with Crippen LogP contribution in [-0.4, -0.2) is 5.34 Å². The number of hydrogen-bond donors (Lipinski definition) is 3. The minimum atomic E-state index is -0.341. The quantitative estimate of drug-likeness (QED) is 0.0202. The van der Waals surface area contributed by atoms with Crippen LogP contribution in [0.25, 0.3) is 0 Å². The SMILES string of the molecule is N=N/N=N/N=N/N=N/N=N/N=N/N=N/N=N/N=N/N=N/N=N/N=N/N(OOOOOOOOOOOOS)OOOOOOOOOOOOOS. The second-order valence-corrected chi connectivity index (χ2v) is 4.33. The summed E-state index contributed by atoms with van der Waals surface area (Å²) in [6.45, 7) is 0. The fraction of sp³-hybridized carbons (Fsp3) is 0. The zero-order valence-corrected chi connectivity index (χ0v) is 24.1. The molecule has 0 heterocycles. The topological polar surface area (TPSA) is 542 Å². The second kappa shape index (κ2) is 43.7. The molecule has 1 N–H and O–H groups in total. The van der Waals surface area contributed by atoms with E-state index in [4.69, 9.17) is 5.53 Å². The molecule has 0 aromatic carbocycles. The van der Waals surface area contributed by atoms with Crippen LogP contribution in [0.1, 0.15) is 0 Å². The van der Waals surface area contributed by atoms with E-state index in [9.17, 15) is 0 Å². The summed E-state index contributed by atoms with van der Waals surface area (Å²) in [5, 5.41) is 142. The Hall–Kier alpha value is -5.30. The fourth-order valence-electron chi connectivity index (χ4n) is 0.747. The molecule has 0 rings (SSSR count). The first kappa shape index (κ1) is 46.7. The number of hydrogen-bond acceptors (Lipinski definition) is 29. The van der Waals surface area contributed by atoms with Crippen molar-refractivity contribution >= 4 is 25.8 Å². The fourth-order valence-corrected chi connectivity index (χ4v) is 0.797. The zero-order chi connectivity index (χ0) is 37.5. The molecule has 0 bridgehead atoms. The summed E-state index contributed by atoms with van der Waals surface area (Å²) < 4.78 is 7.20. The van der Waals surface area contributed by atoms with E-state index in [0.29, 0.717) is 0 Å². The van der Waals surface area contributed by atoms with Crippen molar-refractivity contribution in [2.24, 2.45) is 120 Å². The summed E-state index contributed by atoms with van der Waals surface area (Å²) in [4.78, 5) is 8.11. The number of nitrogens with one attached hydrogen (secondary N) is 1. The lowest BCUT2D eigenvalue weighted by molar-refractivity contribution is -0.882. The number of thiol groups is 2. The maximum absolute atomic E-state index is 6.25. The molecule has 0 radical (unpaired) electrons. The summed E-state index contributed by atoms with van der Waals surface area (Å²) in [5.74, 6) is 0. The number of nitrogens with zero attached hydrogens (tertiary/aromatic N) is 24. The van der Waals surface area contributed by atoms with Gasteiger partial charge >= 0.3 is 0 Å². The molecule has 0 unspecified atom stereocenters. The van der Waals surface area contributed by atoms with Gasteiger partial charge in [-0.3, -0.25) is 0 Å². The third kappa shape index (κ3) is 40.9. The Balaban J connectivity index is 4.41. The van der Waals surface area contributed by atoms with Gasteiger partial charge in [0.15, 0.2) is 0 Å². The summed E-state index contributed by atoms with van der Waals surface area (Å²) in [6.07, 6.45) is 0. The van der Waals surface area contributed by atoms with Crippen LogP contribution in [0, 0.1) is 5.53 Å². The molecule has 0 saturated carbocycles. The van der Waals surface area contributed by atoms with Gasteiger partial charge < -0.3 is 0 Å². The molecule has 0 atom stereocenters. The molecule has 0 aliphatic carbocycles. The molecule has 0 aliphatic rings. The minimum Gasteiger partial charge on any atom is -0.183 e. The Morgan fingerprint density at radius 3 is 0.731 bits per heavy atom. The van der Waals surface area contributed by atoms with Crippen LogP contribution >= 0.6 is 25.8 Å². The highest BCUT2D eigenvalue weighted by Gasteiger charge is 2.10. The van der Waals surface area contributed by atoms with Crippen LogP contribution in [0.2, 0.25) is 0 Å². The molecule has 0 amide bonds. The van der Waals surface area contributed by atoms with E-state index >= 15 is 0 Å². The maximum Gasteiger partial charge on any atom is 0.0559 e. The van der Waals surface area contributed by atoms with Crippen molar-refractivity contribution in [3.8, 4) is 0 Å². The average Bonchev–Trinajstić information content (AvgIpc) is 3.15. The Bertz CT molecular complexity index is 1120. The van der Waals surface area contributed by atoms with E-state index in [-0.39, 0.29) is 5.34 Å². The predicted octanol–water partition coefficient (Wildman–Crippen LogP) is 3.25. The molecule has 52 heavy (non-hydrogen) atoms.